The Bertz CT molecular complexity index is 1450. The van der Waals surface area contributed by atoms with Crippen molar-refractivity contribution < 1.29 is 17.7 Å². The molecular formula is C25H25N5O4S. The fraction of sp³-hybridized carbons (Fsp3) is 0.200. The van der Waals surface area contributed by atoms with E-state index in [1.165, 1.54) is 6.20 Å². The molecule has 2 N–H and O–H groups in total. The SMILES string of the molecule is CC(C)S(=O)(=O)c1ccc(-c2cnc(N)c(-c3cc(-c4ccc(CN(C)C=O)cc4)no3)n2)cc1. The first-order chi connectivity index (χ1) is 16.7. The molecule has 0 fully saturated rings. The Morgan fingerprint density at radius 3 is 2.29 bits per heavy atom. The normalized spacial score (nSPS) is 11.5. The average molecular weight is 492 g/mol. The largest absolute Gasteiger partial charge is 0.382 e. The van der Waals surface area contributed by atoms with Crippen molar-refractivity contribution in [3.8, 4) is 34.0 Å². The van der Waals surface area contributed by atoms with Gasteiger partial charge in [-0.3, -0.25) is 4.79 Å². The van der Waals surface area contributed by atoms with Crippen LogP contribution in [0.25, 0.3) is 34.0 Å². The minimum atomic E-state index is -3.36. The number of benzene rings is 2. The maximum atomic E-state index is 12.4. The zero-order valence-corrected chi connectivity index (χ0v) is 20.4. The van der Waals surface area contributed by atoms with Crippen LogP contribution in [0.1, 0.15) is 19.4 Å². The van der Waals surface area contributed by atoms with Gasteiger partial charge in [-0.1, -0.05) is 41.6 Å². The van der Waals surface area contributed by atoms with Crippen LogP contribution in [0, 0.1) is 0 Å². The standard InChI is InChI=1S/C25H25N5O4S/c1-16(2)35(32,33)20-10-8-19(9-11-20)22-13-27-25(26)24(28-22)23-12-21(29-34-23)18-6-4-17(5-7-18)14-30(3)15-31/h4-13,15-16H,14H2,1-3H3,(H2,26,27). The van der Waals surface area contributed by atoms with Gasteiger partial charge in [0.1, 0.15) is 5.69 Å². The van der Waals surface area contributed by atoms with Crippen LogP contribution < -0.4 is 5.73 Å². The van der Waals surface area contributed by atoms with Crippen molar-refractivity contribution in [3.05, 3.63) is 66.4 Å². The molecule has 2 heterocycles. The molecule has 0 aliphatic rings. The Morgan fingerprint density at radius 1 is 1.03 bits per heavy atom. The van der Waals surface area contributed by atoms with Crippen molar-refractivity contribution in [2.45, 2.75) is 30.5 Å². The molecule has 10 heteroatoms. The fourth-order valence-electron chi connectivity index (χ4n) is 3.44. The lowest BCUT2D eigenvalue weighted by molar-refractivity contribution is -0.117. The van der Waals surface area contributed by atoms with Crippen molar-refractivity contribution in [2.24, 2.45) is 0 Å². The molecule has 0 aliphatic heterocycles. The van der Waals surface area contributed by atoms with Gasteiger partial charge >= 0.3 is 0 Å². The number of nitrogens with zero attached hydrogens (tertiary/aromatic N) is 4. The number of hydrogen-bond acceptors (Lipinski definition) is 8. The second kappa shape index (κ2) is 9.67. The average Bonchev–Trinajstić information content (AvgIpc) is 3.35. The van der Waals surface area contributed by atoms with Gasteiger partial charge < -0.3 is 15.2 Å². The number of anilines is 1. The lowest BCUT2D eigenvalue weighted by atomic mass is 10.1. The monoisotopic (exact) mass is 491 g/mol. The van der Waals surface area contributed by atoms with E-state index in [1.807, 2.05) is 24.3 Å². The maximum absolute atomic E-state index is 12.4. The van der Waals surface area contributed by atoms with Gasteiger partial charge in [-0.25, -0.2) is 18.4 Å². The first-order valence-corrected chi connectivity index (χ1v) is 12.4. The summed E-state index contributed by atoms with van der Waals surface area (Å²) in [6.45, 7) is 3.80. The molecule has 4 aromatic rings. The predicted molar refractivity (Wildman–Crippen MR) is 133 cm³/mol. The number of nitrogens with two attached hydrogens (primary N) is 1. The molecular weight excluding hydrogens is 466 g/mol. The van der Waals surface area contributed by atoms with Crippen molar-refractivity contribution in [3.63, 3.8) is 0 Å². The second-order valence-corrected chi connectivity index (χ2v) is 10.9. The van der Waals surface area contributed by atoms with Crippen LogP contribution in [0.4, 0.5) is 5.82 Å². The third-order valence-corrected chi connectivity index (χ3v) is 7.68. The van der Waals surface area contributed by atoms with Gasteiger partial charge in [0, 0.05) is 30.8 Å². The van der Waals surface area contributed by atoms with E-state index in [4.69, 9.17) is 10.3 Å². The number of aromatic nitrogens is 3. The summed E-state index contributed by atoms with van der Waals surface area (Å²) in [5.41, 5.74) is 10.0. The van der Waals surface area contributed by atoms with Crippen LogP contribution in [0.3, 0.4) is 0 Å². The van der Waals surface area contributed by atoms with Crippen molar-refractivity contribution in [1.29, 1.82) is 0 Å². The molecule has 1 amide bonds. The first kappa shape index (κ1) is 24.1. The fourth-order valence-corrected chi connectivity index (χ4v) is 4.50. The molecule has 0 spiro atoms. The van der Waals surface area contributed by atoms with E-state index in [0.717, 1.165) is 17.5 Å². The molecule has 0 atom stereocenters. The lowest BCUT2D eigenvalue weighted by Gasteiger charge is -2.10. The first-order valence-electron chi connectivity index (χ1n) is 10.9. The summed E-state index contributed by atoms with van der Waals surface area (Å²) in [7, 11) is -1.65. The molecule has 0 bridgehead atoms. The molecule has 0 aliphatic carbocycles. The zero-order chi connectivity index (χ0) is 25.2. The summed E-state index contributed by atoms with van der Waals surface area (Å²) in [5.74, 6) is 0.540. The Morgan fingerprint density at radius 2 is 1.66 bits per heavy atom. The quantitative estimate of drug-likeness (QED) is 0.368. The van der Waals surface area contributed by atoms with E-state index in [-0.39, 0.29) is 10.7 Å². The number of rotatable bonds is 8. The number of nitrogen functional groups attached to an aromatic ring is 1. The molecule has 2 aromatic heterocycles. The van der Waals surface area contributed by atoms with Crippen LogP contribution >= 0.6 is 0 Å². The van der Waals surface area contributed by atoms with Gasteiger partial charge in [0.05, 0.1) is 22.0 Å². The summed E-state index contributed by atoms with van der Waals surface area (Å²) in [6, 6.07) is 15.9. The molecule has 0 saturated heterocycles. The number of sulfone groups is 1. The van der Waals surface area contributed by atoms with Crippen molar-refractivity contribution in [1.82, 2.24) is 20.0 Å². The summed E-state index contributed by atoms with van der Waals surface area (Å²) in [6.07, 6.45) is 2.30. The van der Waals surface area contributed by atoms with Gasteiger partial charge in [-0.2, -0.15) is 0 Å². The van der Waals surface area contributed by atoms with Gasteiger partial charge in [0.15, 0.2) is 27.1 Å². The smallest absolute Gasteiger partial charge is 0.209 e. The highest BCUT2D eigenvalue weighted by Gasteiger charge is 2.20. The van der Waals surface area contributed by atoms with E-state index < -0.39 is 15.1 Å². The number of carbonyl (C=O) groups is 1. The highest BCUT2D eigenvalue weighted by Crippen LogP contribution is 2.30. The Hall–Kier alpha value is -4.05. The van der Waals surface area contributed by atoms with Crippen molar-refractivity contribution in [2.75, 3.05) is 12.8 Å². The van der Waals surface area contributed by atoms with Gasteiger partial charge in [0.2, 0.25) is 6.41 Å². The lowest BCUT2D eigenvalue weighted by Crippen LogP contribution is -2.14. The Balaban J connectivity index is 1.60. The van der Waals surface area contributed by atoms with E-state index in [1.54, 1.807) is 56.1 Å². The predicted octanol–water partition coefficient (Wildman–Crippen LogP) is 3.82. The van der Waals surface area contributed by atoms with E-state index in [9.17, 15) is 13.2 Å². The Labute approximate surface area is 203 Å². The number of carbonyl (C=O) groups excluding carboxylic acids is 1. The summed E-state index contributed by atoms with van der Waals surface area (Å²) in [4.78, 5) is 21.4. The maximum Gasteiger partial charge on any atom is 0.209 e. The molecule has 0 unspecified atom stereocenters. The molecule has 0 radical (unpaired) electrons. The van der Waals surface area contributed by atoms with E-state index in [2.05, 4.69) is 15.1 Å². The van der Waals surface area contributed by atoms with Crippen molar-refractivity contribution >= 4 is 22.1 Å². The third kappa shape index (κ3) is 5.07. The molecule has 180 valence electrons. The summed E-state index contributed by atoms with van der Waals surface area (Å²) in [5, 5.41) is 3.63. The van der Waals surface area contributed by atoms with Crippen LogP contribution in [-0.2, 0) is 21.2 Å². The van der Waals surface area contributed by atoms with Crippen LogP contribution in [0.15, 0.2) is 70.2 Å². The molecule has 4 rings (SSSR count). The Kier molecular flexibility index (Phi) is 6.65. The topological polar surface area (TPSA) is 132 Å². The van der Waals surface area contributed by atoms with E-state index in [0.29, 0.717) is 35.0 Å². The minimum Gasteiger partial charge on any atom is -0.382 e. The van der Waals surface area contributed by atoms with Crippen LogP contribution in [0.5, 0.6) is 0 Å². The van der Waals surface area contributed by atoms with E-state index >= 15 is 0 Å². The number of amides is 1. The molecule has 9 nitrogen and oxygen atoms in total. The van der Waals surface area contributed by atoms with Crippen LogP contribution in [-0.4, -0.2) is 47.2 Å². The second-order valence-electron chi connectivity index (χ2n) is 8.40. The van der Waals surface area contributed by atoms with Gasteiger partial charge in [-0.15, -0.1) is 0 Å². The third-order valence-electron chi connectivity index (χ3n) is 5.51. The van der Waals surface area contributed by atoms with Crippen LogP contribution in [0.2, 0.25) is 0 Å². The molecule has 0 saturated carbocycles. The zero-order valence-electron chi connectivity index (χ0n) is 19.5. The van der Waals surface area contributed by atoms with Gasteiger partial charge in [0.25, 0.3) is 0 Å². The highest BCUT2D eigenvalue weighted by atomic mass is 32.2. The molecule has 2 aromatic carbocycles. The number of hydrogen-bond donors (Lipinski definition) is 1. The summed E-state index contributed by atoms with van der Waals surface area (Å²) >= 11 is 0. The molecule has 35 heavy (non-hydrogen) atoms. The summed E-state index contributed by atoms with van der Waals surface area (Å²) < 4.78 is 30.3. The highest BCUT2D eigenvalue weighted by molar-refractivity contribution is 7.92. The van der Waals surface area contributed by atoms with Gasteiger partial charge in [-0.05, 0) is 31.5 Å². The minimum absolute atomic E-state index is 0.183.